The SMILES string of the molecule is CC1CCC(O)(C(O)c2ccc(F)cc2F)CC1. The summed E-state index contributed by atoms with van der Waals surface area (Å²) < 4.78 is 26.4. The van der Waals surface area contributed by atoms with Gasteiger partial charge in [0.2, 0.25) is 0 Å². The van der Waals surface area contributed by atoms with Crippen LogP contribution in [0.25, 0.3) is 0 Å². The van der Waals surface area contributed by atoms with Crippen LogP contribution in [0.2, 0.25) is 0 Å². The minimum Gasteiger partial charge on any atom is -0.387 e. The van der Waals surface area contributed by atoms with E-state index < -0.39 is 23.3 Å². The van der Waals surface area contributed by atoms with Gasteiger partial charge in [-0.1, -0.05) is 13.0 Å². The van der Waals surface area contributed by atoms with Crippen LogP contribution in [0.5, 0.6) is 0 Å². The van der Waals surface area contributed by atoms with Gasteiger partial charge in [-0.2, -0.15) is 0 Å². The average molecular weight is 256 g/mol. The number of halogens is 2. The van der Waals surface area contributed by atoms with Crippen molar-refractivity contribution in [3.05, 3.63) is 35.4 Å². The molecule has 0 aliphatic heterocycles. The first-order valence-electron chi connectivity index (χ1n) is 6.28. The van der Waals surface area contributed by atoms with Crippen molar-refractivity contribution in [3.8, 4) is 0 Å². The highest BCUT2D eigenvalue weighted by Crippen LogP contribution is 2.40. The molecule has 2 N–H and O–H groups in total. The predicted molar refractivity (Wildman–Crippen MR) is 63.9 cm³/mol. The molecule has 0 spiro atoms. The lowest BCUT2D eigenvalue weighted by Gasteiger charge is -2.38. The van der Waals surface area contributed by atoms with Crippen LogP contribution < -0.4 is 0 Å². The van der Waals surface area contributed by atoms with E-state index in [0.717, 1.165) is 25.0 Å². The Hall–Kier alpha value is -1.00. The lowest BCUT2D eigenvalue weighted by molar-refractivity contribution is -0.106. The summed E-state index contributed by atoms with van der Waals surface area (Å²) in [5.41, 5.74) is -1.33. The van der Waals surface area contributed by atoms with E-state index in [0.29, 0.717) is 18.8 Å². The van der Waals surface area contributed by atoms with Gasteiger partial charge in [-0.15, -0.1) is 0 Å². The Morgan fingerprint density at radius 1 is 1.28 bits per heavy atom. The molecule has 0 aromatic heterocycles. The molecule has 18 heavy (non-hydrogen) atoms. The molecule has 1 aliphatic carbocycles. The van der Waals surface area contributed by atoms with Crippen molar-refractivity contribution < 1.29 is 19.0 Å². The number of aliphatic hydroxyl groups is 2. The summed E-state index contributed by atoms with van der Waals surface area (Å²) in [6.07, 6.45) is 1.18. The molecule has 1 unspecified atom stereocenters. The van der Waals surface area contributed by atoms with E-state index in [4.69, 9.17) is 0 Å². The number of hydrogen-bond donors (Lipinski definition) is 2. The Bertz CT molecular complexity index is 426. The zero-order valence-corrected chi connectivity index (χ0v) is 10.4. The van der Waals surface area contributed by atoms with E-state index in [2.05, 4.69) is 6.92 Å². The summed E-state index contributed by atoms with van der Waals surface area (Å²) in [6, 6.07) is 3.02. The van der Waals surface area contributed by atoms with Crippen molar-refractivity contribution in [1.29, 1.82) is 0 Å². The van der Waals surface area contributed by atoms with E-state index >= 15 is 0 Å². The zero-order valence-electron chi connectivity index (χ0n) is 10.4. The molecule has 1 aliphatic rings. The van der Waals surface area contributed by atoms with Crippen LogP contribution in [0.1, 0.15) is 44.3 Å². The van der Waals surface area contributed by atoms with Gasteiger partial charge < -0.3 is 10.2 Å². The van der Waals surface area contributed by atoms with E-state index in [1.54, 1.807) is 0 Å². The zero-order chi connectivity index (χ0) is 13.3. The molecule has 1 aromatic carbocycles. The predicted octanol–water partition coefficient (Wildman–Crippen LogP) is 2.94. The number of aliphatic hydroxyl groups excluding tert-OH is 1. The van der Waals surface area contributed by atoms with Gasteiger partial charge >= 0.3 is 0 Å². The maximum absolute atomic E-state index is 13.6. The second kappa shape index (κ2) is 4.94. The average Bonchev–Trinajstić information content (AvgIpc) is 2.32. The van der Waals surface area contributed by atoms with Crippen molar-refractivity contribution in [1.82, 2.24) is 0 Å². The summed E-state index contributed by atoms with van der Waals surface area (Å²) in [5.74, 6) is -0.988. The molecular weight excluding hydrogens is 238 g/mol. The largest absolute Gasteiger partial charge is 0.387 e. The number of hydrogen-bond acceptors (Lipinski definition) is 2. The Labute approximate surface area is 105 Å². The van der Waals surface area contributed by atoms with Gasteiger partial charge in [-0.25, -0.2) is 8.78 Å². The van der Waals surface area contributed by atoms with Crippen LogP contribution in [0.15, 0.2) is 18.2 Å². The first-order valence-corrected chi connectivity index (χ1v) is 6.28. The fraction of sp³-hybridized carbons (Fsp3) is 0.571. The summed E-state index contributed by atoms with van der Waals surface area (Å²) in [7, 11) is 0. The molecule has 0 amide bonds. The molecule has 0 radical (unpaired) electrons. The lowest BCUT2D eigenvalue weighted by atomic mass is 9.75. The van der Waals surface area contributed by atoms with Gasteiger partial charge in [0.05, 0.1) is 5.60 Å². The molecule has 1 saturated carbocycles. The first kappa shape index (κ1) is 13.4. The van der Waals surface area contributed by atoms with Crippen molar-refractivity contribution in [2.75, 3.05) is 0 Å². The Morgan fingerprint density at radius 3 is 2.44 bits per heavy atom. The number of benzene rings is 1. The Balaban J connectivity index is 2.22. The minimum absolute atomic E-state index is 0.0338. The van der Waals surface area contributed by atoms with Crippen LogP contribution in [-0.4, -0.2) is 15.8 Å². The highest BCUT2D eigenvalue weighted by atomic mass is 19.1. The fourth-order valence-electron chi connectivity index (χ4n) is 2.55. The number of rotatable bonds is 2. The monoisotopic (exact) mass is 256 g/mol. The Kier molecular flexibility index (Phi) is 3.69. The smallest absolute Gasteiger partial charge is 0.132 e. The molecule has 1 atom stereocenters. The van der Waals surface area contributed by atoms with Crippen LogP contribution in [0.4, 0.5) is 8.78 Å². The molecule has 2 nitrogen and oxygen atoms in total. The van der Waals surface area contributed by atoms with Gasteiger partial charge in [-0.3, -0.25) is 0 Å². The van der Waals surface area contributed by atoms with Crippen molar-refractivity contribution >= 4 is 0 Å². The van der Waals surface area contributed by atoms with Gasteiger partial charge in [0.1, 0.15) is 17.7 Å². The Morgan fingerprint density at radius 2 is 1.89 bits per heavy atom. The molecule has 1 aromatic rings. The maximum Gasteiger partial charge on any atom is 0.132 e. The fourth-order valence-corrected chi connectivity index (χ4v) is 2.55. The molecule has 1 fully saturated rings. The van der Waals surface area contributed by atoms with Crippen molar-refractivity contribution in [3.63, 3.8) is 0 Å². The third-order valence-corrected chi connectivity index (χ3v) is 3.91. The molecule has 0 heterocycles. The van der Waals surface area contributed by atoms with E-state index in [1.807, 2.05) is 0 Å². The third-order valence-electron chi connectivity index (χ3n) is 3.91. The molecular formula is C14H18F2O2. The van der Waals surface area contributed by atoms with Gasteiger partial charge in [0.15, 0.2) is 0 Å². The van der Waals surface area contributed by atoms with E-state index in [1.165, 1.54) is 6.07 Å². The molecule has 0 bridgehead atoms. The van der Waals surface area contributed by atoms with Gasteiger partial charge in [-0.05, 0) is 37.7 Å². The van der Waals surface area contributed by atoms with Crippen LogP contribution >= 0.6 is 0 Å². The van der Waals surface area contributed by atoms with Crippen LogP contribution in [0, 0.1) is 17.6 Å². The summed E-state index contributed by atoms with van der Waals surface area (Å²) >= 11 is 0. The second-order valence-electron chi connectivity index (χ2n) is 5.35. The summed E-state index contributed by atoms with van der Waals surface area (Å²) in [6.45, 7) is 2.09. The van der Waals surface area contributed by atoms with Gasteiger partial charge in [0, 0.05) is 11.6 Å². The third kappa shape index (κ3) is 2.54. The first-order chi connectivity index (χ1) is 8.42. The standard InChI is InChI=1S/C14H18F2O2/c1-9-4-6-14(18,7-5-9)13(17)11-3-2-10(15)8-12(11)16/h2-3,8-9,13,17-18H,4-7H2,1H3. The molecule has 4 heteroatoms. The van der Waals surface area contributed by atoms with Gasteiger partial charge in [0.25, 0.3) is 0 Å². The van der Waals surface area contributed by atoms with E-state index in [9.17, 15) is 19.0 Å². The topological polar surface area (TPSA) is 40.5 Å². The normalized spacial score (nSPS) is 30.2. The summed E-state index contributed by atoms with van der Waals surface area (Å²) in [4.78, 5) is 0. The van der Waals surface area contributed by atoms with Crippen LogP contribution in [-0.2, 0) is 0 Å². The second-order valence-corrected chi connectivity index (χ2v) is 5.35. The van der Waals surface area contributed by atoms with Crippen molar-refractivity contribution in [2.24, 2.45) is 5.92 Å². The van der Waals surface area contributed by atoms with Crippen molar-refractivity contribution in [2.45, 2.75) is 44.3 Å². The highest BCUT2D eigenvalue weighted by molar-refractivity contribution is 5.23. The van der Waals surface area contributed by atoms with E-state index in [-0.39, 0.29) is 5.56 Å². The molecule has 0 saturated heterocycles. The minimum atomic E-state index is -1.30. The lowest BCUT2D eigenvalue weighted by Crippen LogP contribution is -2.40. The summed E-state index contributed by atoms with van der Waals surface area (Å²) in [5, 5.41) is 20.5. The molecule has 2 rings (SSSR count). The maximum atomic E-state index is 13.6. The molecule has 100 valence electrons. The highest BCUT2D eigenvalue weighted by Gasteiger charge is 2.40. The van der Waals surface area contributed by atoms with Crippen LogP contribution in [0.3, 0.4) is 0 Å². The quantitative estimate of drug-likeness (QED) is 0.854.